The Morgan fingerprint density at radius 2 is 0.909 bits per heavy atom. The summed E-state index contributed by atoms with van der Waals surface area (Å²) in [4.78, 5) is 59.2. The predicted molar refractivity (Wildman–Crippen MR) is 159 cm³/mol. The van der Waals surface area contributed by atoms with Crippen LogP contribution in [0.15, 0.2) is 82.0 Å². The van der Waals surface area contributed by atoms with E-state index >= 15 is 0 Å². The highest BCUT2D eigenvalue weighted by molar-refractivity contribution is 6.43. The molecule has 8 rings (SSSR count). The molecule has 0 saturated carbocycles. The van der Waals surface area contributed by atoms with E-state index < -0.39 is 59.6 Å². The second-order valence-electron chi connectivity index (χ2n) is 10.8. The number of rotatable bonds is 4. The van der Waals surface area contributed by atoms with E-state index in [1.165, 1.54) is 48.9 Å². The summed E-state index contributed by atoms with van der Waals surface area (Å²) < 4.78 is 11.6. The Morgan fingerprint density at radius 3 is 1.25 bits per heavy atom. The molecule has 4 amide bonds. The molecule has 6 heterocycles. The number of benzene rings is 2. The average Bonchev–Trinajstić information content (AvgIpc) is 3.82. The molecule has 0 aliphatic carbocycles. The fourth-order valence-electron chi connectivity index (χ4n) is 7.07. The Hall–Kier alpha value is -3.64. The molecule has 4 fully saturated rings. The van der Waals surface area contributed by atoms with Gasteiger partial charge in [-0.15, -0.1) is 0 Å². The fourth-order valence-corrected chi connectivity index (χ4v) is 7.65. The van der Waals surface area contributed by atoms with Crippen LogP contribution >= 0.6 is 46.4 Å². The van der Waals surface area contributed by atoms with Gasteiger partial charge in [-0.3, -0.25) is 19.2 Å². The molecule has 10 nitrogen and oxygen atoms in total. The molecule has 0 N–H and O–H groups in total. The van der Waals surface area contributed by atoms with Crippen LogP contribution < -0.4 is 9.80 Å². The summed E-state index contributed by atoms with van der Waals surface area (Å²) in [7, 11) is 0. The number of hydrazine groups is 1. The first-order chi connectivity index (χ1) is 21.2. The number of carbonyl (C=O) groups excluding carboxylic acids is 4. The first kappa shape index (κ1) is 27.9. The third-order valence-electron chi connectivity index (χ3n) is 8.72. The van der Waals surface area contributed by atoms with Crippen LogP contribution in [-0.4, -0.2) is 45.7 Å². The molecule has 14 heteroatoms. The molecule has 0 radical (unpaired) electrons. The average molecular weight is 672 g/mol. The van der Waals surface area contributed by atoms with E-state index in [4.69, 9.17) is 55.2 Å². The number of carbonyl (C=O) groups is 4. The normalized spacial score (nSPS) is 28.4. The zero-order valence-corrected chi connectivity index (χ0v) is 25.2. The van der Waals surface area contributed by atoms with Crippen LogP contribution in [0.4, 0.5) is 11.4 Å². The topological polar surface area (TPSA) is 108 Å². The lowest BCUT2D eigenvalue weighted by Crippen LogP contribution is -2.50. The molecule has 4 aliphatic rings. The van der Waals surface area contributed by atoms with Crippen LogP contribution in [0.2, 0.25) is 20.1 Å². The summed E-state index contributed by atoms with van der Waals surface area (Å²) in [5.41, 5.74) is 0.501. The van der Waals surface area contributed by atoms with E-state index in [1.54, 1.807) is 34.3 Å². The number of hydrogen-bond acceptors (Lipinski definition) is 8. The second-order valence-corrected chi connectivity index (χ2v) is 12.5. The Morgan fingerprint density at radius 1 is 0.500 bits per heavy atom. The lowest BCUT2D eigenvalue weighted by atomic mass is 9.87. The van der Waals surface area contributed by atoms with Crippen molar-refractivity contribution in [3.05, 3.63) is 105 Å². The van der Waals surface area contributed by atoms with Crippen LogP contribution in [0.25, 0.3) is 0 Å². The zero-order chi connectivity index (χ0) is 30.6. The van der Waals surface area contributed by atoms with E-state index in [9.17, 15) is 19.2 Å². The van der Waals surface area contributed by atoms with E-state index in [2.05, 4.69) is 0 Å². The number of amides is 4. The van der Waals surface area contributed by atoms with Crippen molar-refractivity contribution in [3.63, 3.8) is 0 Å². The minimum atomic E-state index is -1.09. The van der Waals surface area contributed by atoms with Crippen LogP contribution in [0.3, 0.4) is 0 Å². The van der Waals surface area contributed by atoms with Crippen molar-refractivity contribution < 1.29 is 28.0 Å². The minimum Gasteiger partial charge on any atom is -0.468 e. The quantitative estimate of drug-likeness (QED) is 0.246. The highest BCUT2D eigenvalue weighted by atomic mass is 35.5. The van der Waals surface area contributed by atoms with Crippen LogP contribution in [0.5, 0.6) is 0 Å². The van der Waals surface area contributed by atoms with Gasteiger partial charge < -0.3 is 8.83 Å². The molecule has 4 aliphatic heterocycles. The van der Waals surface area contributed by atoms with Gasteiger partial charge in [-0.1, -0.05) is 46.4 Å². The first-order valence-corrected chi connectivity index (χ1v) is 15.0. The maximum Gasteiger partial charge on any atom is 0.253 e. The number of anilines is 2. The Bertz CT molecular complexity index is 1750. The largest absolute Gasteiger partial charge is 0.468 e. The molecule has 0 unspecified atom stereocenters. The SMILES string of the molecule is O=C1[C@@H]2[C@@H](C(=O)N1c1ccc(Cl)c(Cl)c1)N1[C@H](c3ccco3)[C@@H]3C(=O)N(c4ccc(Cl)c(Cl)c4)C(=O)[C@@H]3N1[C@@H]2c1ccco1. The summed E-state index contributed by atoms with van der Waals surface area (Å²) in [5.74, 6) is -3.40. The number of fused-ring (bicyclic) bond motifs is 5. The van der Waals surface area contributed by atoms with Gasteiger partial charge in [0.1, 0.15) is 23.6 Å². The van der Waals surface area contributed by atoms with Crippen molar-refractivity contribution in [3.8, 4) is 0 Å². The molecule has 222 valence electrons. The Labute approximate surface area is 269 Å². The minimum absolute atomic E-state index is 0.175. The van der Waals surface area contributed by atoms with Crippen molar-refractivity contribution in [2.75, 3.05) is 9.80 Å². The van der Waals surface area contributed by atoms with Crippen LogP contribution in [0.1, 0.15) is 23.6 Å². The van der Waals surface area contributed by atoms with Crippen molar-refractivity contribution >= 4 is 81.4 Å². The molecule has 4 saturated heterocycles. The lowest BCUT2D eigenvalue weighted by Gasteiger charge is -2.34. The molecular formula is C30H18Cl4N4O6. The van der Waals surface area contributed by atoms with Gasteiger partial charge in [0, 0.05) is 0 Å². The zero-order valence-electron chi connectivity index (χ0n) is 22.1. The van der Waals surface area contributed by atoms with Crippen LogP contribution in [0, 0.1) is 11.8 Å². The van der Waals surface area contributed by atoms with E-state index in [-0.39, 0.29) is 31.5 Å². The van der Waals surface area contributed by atoms with Crippen molar-refractivity contribution in [1.29, 1.82) is 0 Å². The third-order valence-corrected chi connectivity index (χ3v) is 10.2. The van der Waals surface area contributed by atoms with E-state index in [0.717, 1.165) is 9.80 Å². The molecule has 4 aromatic rings. The highest BCUT2D eigenvalue weighted by Gasteiger charge is 2.74. The smallest absolute Gasteiger partial charge is 0.253 e. The Kier molecular flexibility index (Phi) is 6.29. The van der Waals surface area contributed by atoms with Crippen molar-refractivity contribution in [2.45, 2.75) is 24.2 Å². The standard InChI is InChI=1S/C30H18Cl4N4O6/c31-15-7-5-13(11-17(15)33)35-27(39)21-23(19-3-1-9-43-19)37-26-22(24(20-4-2-10-44-20)38(37)25(21)29(35)41)28(40)36(30(26)42)14-6-8-16(32)18(34)12-14/h1-12,21-26H/t21-,22-,23+,24+,25-,26+/m0/s1. The maximum atomic E-state index is 14.3. The second kappa shape index (κ2) is 9.93. The predicted octanol–water partition coefficient (Wildman–Crippen LogP) is 5.93. The summed E-state index contributed by atoms with van der Waals surface area (Å²) in [6, 6.07) is 11.7. The van der Waals surface area contributed by atoms with Gasteiger partial charge in [0.15, 0.2) is 0 Å². The van der Waals surface area contributed by atoms with Gasteiger partial charge in [0.25, 0.3) is 11.8 Å². The summed E-state index contributed by atoms with van der Waals surface area (Å²) >= 11 is 24.7. The number of nitrogens with zero attached hydrogens (tertiary/aromatic N) is 4. The highest BCUT2D eigenvalue weighted by Crippen LogP contribution is 2.60. The number of imide groups is 2. The maximum absolute atomic E-state index is 14.3. The summed E-state index contributed by atoms with van der Waals surface area (Å²) in [6.07, 6.45) is 2.90. The molecule has 6 atom stereocenters. The first-order valence-electron chi connectivity index (χ1n) is 13.5. The summed E-state index contributed by atoms with van der Waals surface area (Å²) in [5, 5.41) is 4.20. The van der Waals surface area contributed by atoms with Gasteiger partial charge in [-0.25, -0.2) is 19.8 Å². The van der Waals surface area contributed by atoms with Gasteiger partial charge in [0.05, 0.1) is 67.9 Å². The van der Waals surface area contributed by atoms with Gasteiger partial charge in [-0.05, 0) is 60.7 Å². The molecule has 44 heavy (non-hydrogen) atoms. The van der Waals surface area contributed by atoms with E-state index in [0.29, 0.717) is 11.5 Å². The Balaban J connectivity index is 1.30. The van der Waals surface area contributed by atoms with Gasteiger partial charge in [-0.2, -0.15) is 0 Å². The van der Waals surface area contributed by atoms with Gasteiger partial charge >= 0.3 is 0 Å². The number of hydrogen-bond donors (Lipinski definition) is 0. The number of furan rings is 2. The van der Waals surface area contributed by atoms with Crippen LogP contribution in [-0.2, 0) is 19.2 Å². The molecular weight excluding hydrogens is 654 g/mol. The lowest BCUT2D eigenvalue weighted by molar-refractivity contribution is -0.136. The molecule has 2 aromatic heterocycles. The van der Waals surface area contributed by atoms with E-state index in [1.807, 2.05) is 0 Å². The van der Waals surface area contributed by atoms with Gasteiger partial charge in [0.2, 0.25) is 11.8 Å². The molecule has 0 bridgehead atoms. The number of halogens is 4. The van der Waals surface area contributed by atoms with Crippen molar-refractivity contribution in [2.24, 2.45) is 11.8 Å². The third kappa shape index (κ3) is 3.70. The van der Waals surface area contributed by atoms with Crippen molar-refractivity contribution in [1.82, 2.24) is 10.0 Å². The molecule has 0 spiro atoms. The summed E-state index contributed by atoms with van der Waals surface area (Å²) in [6.45, 7) is 0. The fraction of sp³-hybridized carbons (Fsp3) is 0.200. The monoisotopic (exact) mass is 670 g/mol. The molecule has 2 aromatic carbocycles.